The SMILES string of the molecule is Cc1c(N)cn(CCn2ccnc2C)c(=O)c1Br. The van der Waals surface area contributed by atoms with Crippen LogP contribution < -0.4 is 11.3 Å². The number of aryl methyl sites for hydroxylation is 3. The molecule has 2 heterocycles. The summed E-state index contributed by atoms with van der Waals surface area (Å²) in [5.41, 5.74) is 7.21. The third-order valence-corrected chi connectivity index (χ3v) is 3.95. The Kier molecular flexibility index (Phi) is 3.56. The molecule has 2 aromatic rings. The first-order valence-corrected chi connectivity index (χ1v) is 6.42. The first-order chi connectivity index (χ1) is 8.50. The zero-order valence-corrected chi connectivity index (χ0v) is 11.9. The lowest BCUT2D eigenvalue weighted by molar-refractivity contribution is 0.554. The highest BCUT2D eigenvalue weighted by atomic mass is 79.9. The van der Waals surface area contributed by atoms with Crippen LogP contribution in [0.3, 0.4) is 0 Å². The Hall–Kier alpha value is -1.56. The molecule has 0 unspecified atom stereocenters. The molecule has 0 aliphatic rings. The van der Waals surface area contributed by atoms with E-state index in [0.29, 0.717) is 23.2 Å². The molecule has 2 rings (SSSR count). The average Bonchev–Trinajstić information content (AvgIpc) is 2.75. The van der Waals surface area contributed by atoms with Crippen LogP contribution in [0, 0.1) is 13.8 Å². The summed E-state index contributed by atoms with van der Waals surface area (Å²) in [6, 6.07) is 0. The zero-order chi connectivity index (χ0) is 13.3. The minimum Gasteiger partial charge on any atom is -0.397 e. The van der Waals surface area contributed by atoms with E-state index in [0.717, 1.165) is 11.4 Å². The van der Waals surface area contributed by atoms with Gasteiger partial charge < -0.3 is 14.9 Å². The second-order valence-electron chi connectivity index (χ2n) is 4.19. The lowest BCUT2D eigenvalue weighted by Crippen LogP contribution is -2.24. The number of nitrogen functional groups attached to an aromatic ring is 1. The standard InChI is InChI=1S/C12H15BrN4O/c1-8-10(14)7-17(12(18)11(8)13)6-5-16-4-3-15-9(16)2/h3-4,7H,5-6,14H2,1-2H3. The summed E-state index contributed by atoms with van der Waals surface area (Å²) in [4.78, 5) is 16.2. The van der Waals surface area contributed by atoms with Crippen molar-refractivity contribution in [3.63, 3.8) is 0 Å². The number of anilines is 1. The van der Waals surface area contributed by atoms with Crippen LogP contribution in [0.25, 0.3) is 0 Å². The Bertz CT molecular complexity index is 629. The van der Waals surface area contributed by atoms with E-state index in [1.54, 1.807) is 17.0 Å². The maximum absolute atomic E-state index is 12.0. The first-order valence-electron chi connectivity index (χ1n) is 5.63. The summed E-state index contributed by atoms with van der Waals surface area (Å²) in [6.07, 6.45) is 5.33. The lowest BCUT2D eigenvalue weighted by Gasteiger charge is -2.11. The lowest BCUT2D eigenvalue weighted by atomic mass is 10.2. The van der Waals surface area contributed by atoms with Gasteiger partial charge in [0.1, 0.15) is 5.82 Å². The second kappa shape index (κ2) is 4.97. The smallest absolute Gasteiger partial charge is 0.265 e. The van der Waals surface area contributed by atoms with Gasteiger partial charge in [0, 0.05) is 31.7 Å². The molecule has 2 aromatic heterocycles. The van der Waals surface area contributed by atoms with E-state index in [4.69, 9.17) is 5.73 Å². The summed E-state index contributed by atoms with van der Waals surface area (Å²) in [5, 5.41) is 0. The van der Waals surface area contributed by atoms with Crippen molar-refractivity contribution in [1.29, 1.82) is 0 Å². The van der Waals surface area contributed by atoms with E-state index < -0.39 is 0 Å². The van der Waals surface area contributed by atoms with E-state index in [1.165, 1.54) is 0 Å². The van der Waals surface area contributed by atoms with Gasteiger partial charge in [-0.1, -0.05) is 0 Å². The van der Waals surface area contributed by atoms with Crippen LogP contribution in [0.4, 0.5) is 5.69 Å². The number of hydrogen-bond donors (Lipinski definition) is 1. The monoisotopic (exact) mass is 310 g/mol. The molecule has 0 saturated heterocycles. The number of imidazole rings is 1. The maximum Gasteiger partial charge on any atom is 0.265 e. The summed E-state index contributed by atoms with van der Waals surface area (Å²) in [5.74, 6) is 0.933. The first kappa shape index (κ1) is 12.9. The van der Waals surface area contributed by atoms with E-state index in [2.05, 4.69) is 20.9 Å². The van der Waals surface area contributed by atoms with E-state index in [9.17, 15) is 4.79 Å². The van der Waals surface area contributed by atoms with Gasteiger partial charge in [0.25, 0.3) is 5.56 Å². The quantitative estimate of drug-likeness (QED) is 0.938. The molecular weight excluding hydrogens is 296 g/mol. The molecule has 0 spiro atoms. The molecule has 0 aliphatic carbocycles. The van der Waals surface area contributed by atoms with Gasteiger partial charge in [0.2, 0.25) is 0 Å². The largest absolute Gasteiger partial charge is 0.397 e. The van der Waals surface area contributed by atoms with Crippen molar-refractivity contribution in [3.8, 4) is 0 Å². The van der Waals surface area contributed by atoms with Crippen molar-refractivity contribution < 1.29 is 0 Å². The fourth-order valence-electron chi connectivity index (χ4n) is 1.76. The third kappa shape index (κ3) is 2.33. The molecule has 0 aromatic carbocycles. The molecule has 0 aliphatic heterocycles. The van der Waals surface area contributed by atoms with Gasteiger partial charge in [-0.05, 0) is 35.3 Å². The van der Waals surface area contributed by atoms with Crippen LogP contribution in [-0.2, 0) is 13.1 Å². The predicted octanol–water partition coefficient (Wildman–Crippen LogP) is 1.71. The van der Waals surface area contributed by atoms with Gasteiger partial charge in [-0.15, -0.1) is 0 Å². The van der Waals surface area contributed by atoms with Crippen LogP contribution in [0.5, 0.6) is 0 Å². The Morgan fingerprint density at radius 3 is 2.61 bits per heavy atom. The van der Waals surface area contributed by atoms with Gasteiger partial charge in [0.15, 0.2) is 0 Å². The van der Waals surface area contributed by atoms with Crippen molar-refractivity contribution in [1.82, 2.24) is 14.1 Å². The van der Waals surface area contributed by atoms with E-state index >= 15 is 0 Å². The van der Waals surface area contributed by atoms with Crippen molar-refractivity contribution in [2.24, 2.45) is 0 Å². The highest BCUT2D eigenvalue weighted by Gasteiger charge is 2.08. The molecule has 2 N–H and O–H groups in total. The van der Waals surface area contributed by atoms with Crippen LogP contribution >= 0.6 is 15.9 Å². The molecular formula is C12H15BrN4O. The predicted molar refractivity (Wildman–Crippen MR) is 74.5 cm³/mol. The number of halogens is 1. The molecule has 96 valence electrons. The molecule has 0 saturated carbocycles. The van der Waals surface area contributed by atoms with Gasteiger partial charge in [-0.2, -0.15) is 0 Å². The van der Waals surface area contributed by atoms with E-state index in [-0.39, 0.29) is 5.56 Å². The van der Waals surface area contributed by atoms with Gasteiger partial charge in [-0.3, -0.25) is 4.79 Å². The number of rotatable bonds is 3. The summed E-state index contributed by atoms with van der Waals surface area (Å²) >= 11 is 3.28. The fourth-order valence-corrected chi connectivity index (χ4v) is 2.21. The Morgan fingerprint density at radius 2 is 2.00 bits per heavy atom. The maximum atomic E-state index is 12.0. The summed E-state index contributed by atoms with van der Waals surface area (Å²) in [7, 11) is 0. The minimum absolute atomic E-state index is 0.0560. The molecule has 6 heteroatoms. The van der Waals surface area contributed by atoms with Gasteiger partial charge in [0.05, 0.1) is 10.2 Å². The normalized spacial score (nSPS) is 10.8. The molecule has 0 atom stereocenters. The second-order valence-corrected chi connectivity index (χ2v) is 4.98. The molecule has 5 nitrogen and oxygen atoms in total. The molecule has 0 amide bonds. The van der Waals surface area contributed by atoms with Crippen LogP contribution in [-0.4, -0.2) is 14.1 Å². The topological polar surface area (TPSA) is 65.8 Å². The minimum atomic E-state index is -0.0560. The van der Waals surface area contributed by atoms with Crippen LogP contribution in [0.1, 0.15) is 11.4 Å². The molecule has 0 radical (unpaired) electrons. The summed E-state index contributed by atoms with van der Waals surface area (Å²) < 4.78 is 4.15. The Labute approximate surface area is 113 Å². The molecule has 0 bridgehead atoms. The van der Waals surface area contributed by atoms with Gasteiger partial charge in [-0.25, -0.2) is 4.98 Å². The number of aromatic nitrogens is 3. The van der Waals surface area contributed by atoms with Gasteiger partial charge >= 0.3 is 0 Å². The van der Waals surface area contributed by atoms with Crippen molar-refractivity contribution in [3.05, 3.63) is 44.8 Å². The number of nitrogens with two attached hydrogens (primary N) is 1. The van der Waals surface area contributed by atoms with E-state index in [1.807, 2.05) is 24.6 Å². The number of pyridine rings is 1. The Balaban J connectivity index is 2.26. The number of hydrogen-bond acceptors (Lipinski definition) is 3. The average molecular weight is 311 g/mol. The zero-order valence-electron chi connectivity index (χ0n) is 10.4. The third-order valence-electron chi connectivity index (χ3n) is 3.01. The highest BCUT2D eigenvalue weighted by Crippen LogP contribution is 2.16. The van der Waals surface area contributed by atoms with Crippen molar-refractivity contribution in [2.45, 2.75) is 26.9 Å². The fraction of sp³-hybridized carbons (Fsp3) is 0.333. The van der Waals surface area contributed by atoms with Crippen molar-refractivity contribution in [2.75, 3.05) is 5.73 Å². The molecule has 18 heavy (non-hydrogen) atoms. The van der Waals surface area contributed by atoms with Crippen LogP contribution in [0.15, 0.2) is 27.9 Å². The summed E-state index contributed by atoms with van der Waals surface area (Å²) in [6.45, 7) is 5.02. The Morgan fingerprint density at radius 1 is 1.33 bits per heavy atom. The van der Waals surface area contributed by atoms with Crippen LogP contribution in [0.2, 0.25) is 0 Å². The van der Waals surface area contributed by atoms with Crippen molar-refractivity contribution >= 4 is 21.6 Å². The highest BCUT2D eigenvalue weighted by molar-refractivity contribution is 9.10. The molecule has 0 fully saturated rings. The number of nitrogens with zero attached hydrogens (tertiary/aromatic N) is 3.